The molecule has 0 spiro atoms. The van der Waals surface area contributed by atoms with Gasteiger partial charge in [-0.3, -0.25) is 4.79 Å². The molecule has 0 saturated carbocycles. The van der Waals surface area contributed by atoms with Crippen molar-refractivity contribution < 1.29 is 9.53 Å². The summed E-state index contributed by atoms with van der Waals surface area (Å²) in [4.78, 5) is 11.8. The van der Waals surface area contributed by atoms with E-state index in [1.54, 1.807) is 11.8 Å². The summed E-state index contributed by atoms with van der Waals surface area (Å²) in [5, 5.41) is 0.623. The molecule has 0 aromatic carbocycles. The highest BCUT2D eigenvalue weighted by Gasteiger charge is 2.41. The average molecular weight is 238 g/mol. The smallest absolute Gasteiger partial charge is 0.319 e. The van der Waals surface area contributed by atoms with Gasteiger partial charge in [-0.2, -0.15) is 0 Å². The number of unbranched alkanes of at least 4 members (excludes halogenated alkanes) is 2. The molecule has 1 fully saturated rings. The van der Waals surface area contributed by atoms with E-state index in [1.807, 2.05) is 6.08 Å². The van der Waals surface area contributed by atoms with Crippen LogP contribution in [-0.2, 0) is 9.53 Å². The van der Waals surface area contributed by atoms with Crippen molar-refractivity contribution in [3.63, 3.8) is 0 Å². The number of thioether (sulfide) groups is 1. The third-order valence-corrected chi connectivity index (χ3v) is 4.60. The lowest BCUT2D eigenvalue weighted by atomic mass is 10.1. The van der Waals surface area contributed by atoms with Gasteiger partial charge in [0.2, 0.25) is 0 Å². The van der Waals surface area contributed by atoms with E-state index in [2.05, 4.69) is 18.7 Å². The molecule has 0 N–H and O–H groups in total. The van der Waals surface area contributed by atoms with Crippen molar-refractivity contribution in [2.24, 2.45) is 5.92 Å². The van der Waals surface area contributed by atoms with Crippen LogP contribution in [-0.4, -0.2) is 23.1 Å². The van der Waals surface area contributed by atoms with Crippen molar-refractivity contribution in [3.05, 3.63) is 24.8 Å². The molecule has 1 aliphatic carbocycles. The van der Waals surface area contributed by atoms with Crippen LogP contribution in [0.2, 0.25) is 0 Å². The number of hydrogen-bond acceptors (Lipinski definition) is 3. The van der Waals surface area contributed by atoms with Crippen molar-refractivity contribution >= 4 is 17.7 Å². The Kier molecular flexibility index (Phi) is 4.10. The van der Waals surface area contributed by atoms with Crippen LogP contribution in [0.3, 0.4) is 0 Å². The fraction of sp³-hybridized carbons (Fsp3) is 0.615. The highest BCUT2D eigenvalue weighted by atomic mass is 32.2. The molecular formula is C13H18O2S. The summed E-state index contributed by atoms with van der Waals surface area (Å²) in [5.41, 5.74) is 0. The standard InChI is InChI=1S/C13H18O2S/c1-2-3-4-5-8-15-13(14)12-10-6-7-11(9-10)16-12/h2,6-7,10-12H,1,3-5,8-9H2. The normalized spacial score (nSPS) is 30.6. The lowest BCUT2D eigenvalue weighted by molar-refractivity contribution is -0.143. The first kappa shape index (κ1) is 11.8. The van der Waals surface area contributed by atoms with Gasteiger partial charge in [0.05, 0.1) is 6.61 Å². The SMILES string of the molecule is C=CCCCCOC(=O)C1SC2C=CC1C2. The van der Waals surface area contributed by atoms with Crippen molar-refractivity contribution in [1.29, 1.82) is 0 Å². The Balaban J connectivity index is 1.65. The predicted molar refractivity (Wildman–Crippen MR) is 67.4 cm³/mol. The maximum atomic E-state index is 11.8. The molecule has 0 aromatic heterocycles. The molecule has 3 heteroatoms. The monoisotopic (exact) mass is 238 g/mol. The Morgan fingerprint density at radius 2 is 2.38 bits per heavy atom. The maximum absolute atomic E-state index is 11.8. The van der Waals surface area contributed by atoms with E-state index in [1.165, 1.54) is 0 Å². The van der Waals surface area contributed by atoms with Crippen molar-refractivity contribution in [2.75, 3.05) is 6.61 Å². The van der Waals surface area contributed by atoms with Gasteiger partial charge in [-0.05, 0) is 25.7 Å². The summed E-state index contributed by atoms with van der Waals surface area (Å²) >= 11 is 1.76. The van der Waals surface area contributed by atoms with Crippen LogP contribution < -0.4 is 0 Å². The quantitative estimate of drug-likeness (QED) is 0.404. The lowest BCUT2D eigenvalue weighted by Crippen LogP contribution is -2.24. The van der Waals surface area contributed by atoms with Gasteiger partial charge in [-0.1, -0.05) is 18.2 Å². The summed E-state index contributed by atoms with van der Waals surface area (Å²) in [6.45, 7) is 4.22. The first-order valence-electron chi connectivity index (χ1n) is 5.92. The lowest BCUT2D eigenvalue weighted by Gasteiger charge is -2.15. The summed E-state index contributed by atoms with van der Waals surface area (Å²) < 4.78 is 5.30. The number of hydrogen-bond donors (Lipinski definition) is 0. The van der Waals surface area contributed by atoms with E-state index in [0.29, 0.717) is 17.8 Å². The third-order valence-electron chi connectivity index (χ3n) is 3.07. The zero-order chi connectivity index (χ0) is 11.4. The highest BCUT2D eigenvalue weighted by molar-refractivity contribution is 8.01. The minimum absolute atomic E-state index is 0.0135. The van der Waals surface area contributed by atoms with E-state index in [-0.39, 0.29) is 11.2 Å². The molecule has 3 atom stereocenters. The van der Waals surface area contributed by atoms with E-state index in [0.717, 1.165) is 25.7 Å². The fourth-order valence-corrected chi connectivity index (χ4v) is 3.66. The van der Waals surface area contributed by atoms with Crippen LogP contribution in [0.1, 0.15) is 25.7 Å². The molecule has 2 aliphatic rings. The number of carbonyl (C=O) groups excluding carboxylic acids is 1. The van der Waals surface area contributed by atoms with Gasteiger partial charge in [-0.25, -0.2) is 0 Å². The van der Waals surface area contributed by atoms with Crippen LogP contribution in [0.25, 0.3) is 0 Å². The summed E-state index contributed by atoms with van der Waals surface area (Å²) in [7, 11) is 0. The molecule has 16 heavy (non-hydrogen) atoms. The molecule has 0 amide bonds. The number of fused-ring (bicyclic) bond motifs is 2. The van der Waals surface area contributed by atoms with Gasteiger partial charge in [0.25, 0.3) is 0 Å². The van der Waals surface area contributed by atoms with Gasteiger partial charge in [0, 0.05) is 11.2 Å². The van der Waals surface area contributed by atoms with Gasteiger partial charge in [0.1, 0.15) is 5.25 Å². The van der Waals surface area contributed by atoms with E-state index in [9.17, 15) is 4.79 Å². The molecule has 2 bridgehead atoms. The average Bonchev–Trinajstić information content (AvgIpc) is 2.90. The van der Waals surface area contributed by atoms with E-state index < -0.39 is 0 Å². The zero-order valence-electron chi connectivity index (χ0n) is 9.43. The van der Waals surface area contributed by atoms with Crippen LogP contribution in [0.5, 0.6) is 0 Å². The number of esters is 1. The van der Waals surface area contributed by atoms with Crippen LogP contribution in [0.15, 0.2) is 24.8 Å². The maximum Gasteiger partial charge on any atom is 0.319 e. The van der Waals surface area contributed by atoms with Crippen LogP contribution >= 0.6 is 11.8 Å². The number of rotatable bonds is 6. The Labute approximate surface area is 101 Å². The molecule has 1 heterocycles. The molecular weight excluding hydrogens is 220 g/mol. The highest BCUT2D eigenvalue weighted by Crippen LogP contribution is 2.45. The molecule has 1 saturated heterocycles. The Hall–Kier alpha value is -0.700. The second-order valence-electron chi connectivity index (χ2n) is 4.33. The van der Waals surface area contributed by atoms with Gasteiger partial charge in [0.15, 0.2) is 0 Å². The topological polar surface area (TPSA) is 26.3 Å². The van der Waals surface area contributed by atoms with Crippen LogP contribution in [0, 0.1) is 5.92 Å². The molecule has 0 aromatic rings. The molecule has 2 nitrogen and oxygen atoms in total. The third kappa shape index (κ3) is 2.70. The largest absolute Gasteiger partial charge is 0.465 e. The Morgan fingerprint density at radius 3 is 3.00 bits per heavy atom. The van der Waals surface area contributed by atoms with E-state index >= 15 is 0 Å². The van der Waals surface area contributed by atoms with Gasteiger partial charge >= 0.3 is 5.97 Å². The number of carbonyl (C=O) groups is 1. The molecule has 1 aliphatic heterocycles. The number of allylic oxidation sites excluding steroid dienone is 2. The summed E-state index contributed by atoms with van der Waals surface area (Å²) in [6, 6.07) is 0. The molecule has 0 radical (unpaired) electrons. The fourth-order valence-electron chi connectivity index (χ4n) is 2.18. The van der Waals surface area contributed by atoms with Crippen molar-refractivity contribution in [1.82, 2.24) is 0 Å². The molecule has 2 rings (SSSR count). The summed E-state index contributed by atoms with van der Waals surface area (Å²) in [6.07, 6.45) is 10.4. The zero-order valence-corrected chi connectivity index (χ0v) is 10.2. The molecule has 3 unspecified atom stereocenters. The molecule has 88 valence electrons. The first-order valence-corrected chi connectivity index (χ1v) is 6.87. The van der Waals surface area contributed by atoms with Crippen LogP contribution in [0.4, 0.5) is 0 Å². The first-order chi connectivity index (χ1) is 7.81. The van der Waals surface area contributed by atoms with Gasteiger partial charge < -0.3 is 4.74 Å². The van der Waals surface area contributed by atoms with E-state index in [4.69, 9.17) is 4.74 Å². The predicted octanol–water partition coefficient (Wildman–Crippen LogP) is 2.95. The Morgan fingerprint density at radius 1 is 1.50 bits per heavy atom. The second kappa shape index (κ2) is 5.58. The van der Waals surface area contributed by atoms with Crippen molar-refractivity contribution in [2.45, 2.75) is 36.2 Å². The Bertz CT molecular complexity index is 298. The minimum Gasteiger partial charge on any atom is -0.465 e. The van der Waals surface area contributed by atoms with Gasteiger partial charge in [-0.15, -0.1) is 18.3 Å². The minimum atomic E-state index is -0.0135. The number of ether oxygens (including phenoxy) is 1. The van der Waals surface area contributed by atoms with Crippen molar-refractivity contribution in [3.8, 4) is 0 Å². The second-order valence-corrected chi connectivity index (χ2v) is 5.72. The summed E-state index contributed by atoms with van der Waals surface area (Å²) in [5.74, 6) is 0.413.